The summed E-state index contributed by atoms with van der Waals surface area (Å²) < 4.78 is 12.9. The molecule has 0 spiro atoms. The summed E-state index contributed by atoms with van der Waals surface area (Å²) in [5.41, 5.74) is 19.1. The lowest BCUT2D eigenvalue weighted by molar-refractivity contribution is 0.669. The zero-order chi connectivity index (χ0) is 38.2. The van der Waals surface area contributed by atoms with E-state index in [9.17, 15) is 0 Å². The van der Waals surface area contributed by atoms with Gasteiger partial charge in [0.25, 0.3) is 0 Å². The van der Waals surface area contributed by atoms with Gasteiger partial charge in [0.05, 0.1) is 0 Å². The average Bonchev–Trinajstić information content (AvgIpc) is 3.98. The fraction of sp³-hybridized carbons (Fsp3) is 0.0182. The van der Waals surface area contributed by atoms with Crippen molar-refractivity contribution in [3.05, 3.63) is 211 Å². The number of fused-ring (bicyclic) bond motifs is 9. The van der Waals surface area contributed by atoms with Crippen LogP contribution in [-0.2, 0) is 6.42 Å². The molecule has 0 atom stereocenters. The molecule has 11 aromatic rings. The van der Waals surface area contributed by atoms with Gasteiger partial charge in [0.15, 0.2) is 0 Å². The van der Waals surface area contributed by atoms with E-state index in [2.05, 4.69) is 181 Å². The van der Waals surface area contributed by atoms with Crippen molar-refractivity contribution in [2.75, 3.05) is 4.90 Å². The number of hydrogen-bond donors (Lipinski definition) is 0. The van der Waals surface area contributed by atoms with Gasteiger partial charge in [0, 0.05) is 49.7 Å². The van der Waals surface area contributed by atoms with Gasteiger partial charge in [-0.05, 0) is 106 Å². The van der Waals surface area contributed by atoms with Crippen molar-refractivity contribution in [1.29, 1.82) is 0 Å². The normalized spacial score (nSPS) is 12.1. The maximum atomic E-state index is 6.43. The fourth-order valence-electron chi connectivity index (χ4n) is 9.10. The predicted molar refractivity (Wildman–Crippen MR) is 240 cm³/mol. The van der Waals surface area contributed by atoms with Gasteiger partial charge in [-0.25, -0.2) is 0 Å². The van der Waals surface area contributed by atoms with Crippen molar-refractivity contribution in [3.63, 3.8) is 0 Å². The van der Waals surface area contributed by atoms with Gasteiger partial charge in [-0.2, -0.15) is 0 Å². The van der Waals surface area contributed by atoms with E-state index in [-0.39, 0.29) is 0 Å². The van der Waals surface area contributed by atoms with E-state index < -0.39 is 0 Å². The molecular weight excluding hydrogens is 707 g/mol. The zero-order valence-corrected chi connectivity index (χ0v) is 31.5. The third kappa shape index (κ3) is 5.21. The minimum Gasteiger partial charge on any atom is -0.455 e. The quantitative estimate of drug-likeness (QED) is 0.170. The number of para-hydroxylation sites is 4. The van der Waals surface area contributed by atoms with E-state index in [4.69, 9.17) is 8.83 Å². The molecule has 272 valence electrons. The molecule has 0 saturated carbocycles. The summed E-state index contributed by atoms with van der Waals surface area (Å²) in [5.74, 6) is 0. The van der Waals surface area contributed by atoms with Crippen molar-refractivity contribution >= 4 is 60.9 Å². The molecule has 2 aromatic heterocycles. The molecule has 1 aliphatic carbocycles. The monoisotopic (exact) mass is 741 g/mol. The predicted octanol–water partition coefficient (Wildman–Crippen LogP) is 15.5. The molecule has 12 rings (SSSR count). The van der Waals surface area contributed by atoms with Crippen molar-refractivity contribution in [2.24, 2.45) is 0 Å². The van der Waals surface area contributed by atoms with Crippen LogP contribution in [0.1, 0.15) is 11.1 Å². The van der Waals surface area contributed by atoms with Crippen LogP contribution in [0.4, 0.5) is 17.1 Å². The largest absolute Gasteiger partial charge is 0.455 e. The molecular formula is C55H35NO2. The Kier molecular flexibility index (Phi) is 7.29. The first-order valence-electron chi connectivity index (χ1n) is 19.9. The molecule has 58 heavy (non-hydrogen) atoms. The fourth-order valence-corrected chi connectivity index (χ4v) is 9.10. The first-order valence-corrected chi connectivity index (χ1v) is 19.9. The van der Waals surface area contributed by atoms with Crippen LogP contribution in [0.3, 0.4) is 0 Å². The molecule has 0 radical (unpaired) electrons. The highest BCUT2D eigenvalue weighted by Crippen LogP contribution is 2.43. The molecule has 0 bridgehead atoms. The third-order valence-corrected chi connectivity index (χ3v) is 11.9. The number of benzene rings is 9. The molecule has 0 saturated heterocycles. The lowest BCUT2D eigenvalue weighted by Crippen LogP contribution is -2.10. The Balaban J connectivity index is 0.965. The van der Waals surface area contributed by atoms with Gasteiger partial charge in [-0.15, -0.1) is 0 Å². The maximum Gasteiger partial charge on any atom is 0.143 e. The summed E-state index contributed by atoms with van der Waals surface area (Å²) >= 11 is 0. The number of furan rings is 2. The smallest absolute Gasteiger partial charge is 0.143 e. The molecule has 3 nitrogen and oxygen atoms in total. The van der Waals surface area contributed by atoms with E-state index >= 15 is 0 Å². The highest BCUT2D eigenvalue weighted by Gasteiger charge is 2.20. The second kappa shape index (κ2) is 13.0. The van der Waals surface area contributed by atoms with E-state index in [1.165, 1.54) is 33.4 Å². The minimum atomic E-state index is 0.903. The summed E-state index contributed by atoms with van der Waals surface area (Å²) in [7, 11) is 0. The summed E-state index contributed by atoms with van der Waals surface area (Å²) in [6.45, 7) is 0. The maximum absolute atomic E-state index is 6.43. The molecule has 9 aromatic carbocycles. The Hall–Kier alpha value is -7.62. The van der Waals surface area contributed by atoms with E-state index in [1.807, 2.05) is 24.3 Å². The highest BCUT2D eigenvalue weighted by atomic mass is 16.3. The number of anilines is 3. The van der Waals surface area contributed by atoms with Crippen LogP contribution < -0.4 is 4.90 Å². The van der Waals surface area contributed by atoms with Gasteiger partial charge < -0.3 is 13.7 Å². The lowest BCUT2D eigenvalue weighted by Gasteiger charge is -2.26. The number of nitrogens with zero attached hydrogens (tertiary/aromatic N) is 1. The Bertz CT molecular complexity index is 3210. The zero-order valence-electron chi connectivity index (χ0n) is 31.5. The first kappa shape index (κ1) is 32.6. The van der Waals surface area contributed by atoms with E-state index in [1.54, 1.807) is 0 Å². The number of rotatable bonds is 6. The van der Waals surface area contributed by atoms with Crippen LogP contribution in [-0.4, -0.2) is 0 Å². The Morgan fingerprint density at radius 1 is 0.310 bits per heavy atom. The minimum absolute atomic E-state index is 0.903. The number of hydrogen-bond acceptors (Lipinski definition) is 3. The van der Waals surface area contributed by atoms with Gasteiger partial charge in [-0.1, -0.05) is 146 Å². The standard InChI is InChI=1S/C55H35NO2/c1-2-13-44-39(10-1)32-40-23-22-38(34-51(40)44)37-11-7-12-43(33-37)56(41-28-24-35(25-29-41)45-16-8-18-49-47-14-3-5-20-52(47)57-54(45)49)42-30-26-36(27-31-42)46-17-9-19-50-48-15-4-6-21-53(48)58-55(46)50/h1-31,33-34H,32H2. The summed E-state index contributed by atoms with van der Waals surface area (Å²) in [6, 6.07) is 71.7. The molecule has 3 heteroatoms. The second-order valence-corrected chi connectivity index (χ2v) is 15.2. The second-order valence-electron chi connectivity index (χ2n) is 15.2. The molecule has 2 heterocycles. The van der Waals surface area contributed by atoms with Crippen LogP contribution in [0.15, 0.2) is 209 Å². The third-order valence-electron chi connectivity index (χ3n) is 11.9. The molecule has 1 aliphatic rings. The average molecular weight is 742 g/mol. The molecule has 0 aliphatic heterocycles. The van der Waals surface area contributed by atoms with E-state index in [0.717, 1.165) is 89.6 Å². The summed E-state index contributed by atoms with van der Waals surface area (Å²) in [4.78, 5) is 2.35. The highest BCUT2D eigenvalue weighted by molar-refractivity contribution is 6.10. The summed E-state index contributed by atoms with van der Waals surface area (Å²) in [5, 5.41) is 4.53. The molecule has 0 N–H and O–H groups in total. The van der Waals surface area contributed by atoms with Crippen molar-refractivity contribution in [1.82, 2.24) is 0 Å². The van der Waals surface area contributed by atoms with Gasteiger partial charge in [0.2, 0.25) is 0 Å². The van der Waals surface area contributed by atoms with Crippen molar-refractivity contribution in [3.8, 4) is 44.5 Å². The van der Waals surface area contributed by atoms with Crippen molar-refractivity contribution < 1.29 is 8.83 Å². The lowest BCUT2D eigenvalue weighted by atomic mass is 9.98. The Morgan fingerprint density at radius 3 is 1.43 bits per heavy atom. The van der Waals surface area contributed by atoms with Crippen LogP contribution >= 0.6 is 0 Å². The Labute approximate surface area is 335 Å². The van der Waals surface area contributed by atoms with Crippen LogP contribution in [0, 0.1) is 0 Å². The van der Waals surface area contributed by atoms with E-state index in [0.29, 0.717) is 0 Å². The van der Waals surface area contributed by atoms with Crippen LogP contribution in [0.25, 0.3) is 88.4 Å². The molecule has 0 unspecified atom stereocenters. The van der Waals surface area contributed by atoms with Gasteiger partial charge in [-0.3, -0.25) is 0 Å². The van der Waals surface area contributed by atoms with Gasteiger partial charge in [0.1, 0.15) is 22.3 Å². The topological polar surface area (TPSA) is 29.5 Å². The van der Waals surface area contributed by atoms with Crippen LogP contribution in [0.2, 0.25) is 0 Å². The molecule has 0 amide bonds. The Morgan fingerprint density at radius 2 is 0.793 bits per heavy atom. The van der Waals surface area contributed by atoms with Crippen LogP contribution in [0.5, 0.6) is 0 Å². The first-order chi connectivity index (χ1) is 28.7. The van der Waals surface area contributed by atoms with Crippen molar-refractivity contribution in [2.45, 2.75) is 6.42 Å². The summed E-state index contributed by atoms with van der Waals surface area (Å²) in [6.07, 6.45) is 0.987. The van der Waals surface area contributed by atoms with Gasteiger partial charge >= 0.3 is 0 Å². The molecule has 0 fully saturated rings. The SMILES string of the molecule is c1cc(-c2ccc3c(c2)-c2ccccc2C3)cc(N(c2ccc(-c3cccc4c3oc3ccccc34)cc2)c2ccc(-c3cccc4c3oc3ccccc34)cc2)c1.